The maximum Gasteiger partial charge on any atom is 0.330 e. The van der Waals surface area contributed by atoms with Gasteiger partial charge in [-0.1, -0.05) is 6.07 Å². The lowest BCUT2D eigenvalue weighted by molar-refractivity contribution is -0.355. The number of aromatic hydroxyl groups is 6. The summed E-state index contributed by atoms with van der Waals surface area (Å²) in [7, 11) is 0. The second kappa shape index (κ2) is 15.6. The summed E-state index contributed by atoms with van der Waals surface area (Å²) in [6.07, 6.45) is -15.7. The number of benzene rings is 3. The lowest BCUT2D eigenvalue weighted by atomic mass is 9.97. The molecular weight excluding hydrogens is 736 g/mol. The molecule has 294 valence electrons. The first-order chi connectivity index (χ1) is 26.0. The highest BCUT2D eigenvalue weighted by Crippen LogP contribution is 2.40. The number of carbonyl (C=O) groups is 1. The molecule has 10 atom stereocenters. The van der Waals surface area contributed by atoms with Crippen molar-refractivity contribution in [2.45, 2.75) is 68.3 Å². The fraction of sp³-hybridized carbons (Fsp3) is 0.333. The Kier molecular flexibility index (Phi) is 11.1. The molecule has 0 aliphatic carbocycles. The van der Waals surface area contributed by atoms with Crippen LogP contribution >= 0.6 is 0 Å². The number of phenolic OH excluding ortho intramolecular Hbond substituents is 6. The van der Waals surface area contributed by atoms with Crippen molar-refractivity contribution < 1.29 is 89.1 Å². The number of rotatable bonds is 9. The predicted molar refractivity (Wildman–Crippen MR) is 183 cm³/mol. The van der Waals surface area contributed by atoms with Crippen LogP contribution in [0.5, 0.6) is 40.2 Å². The van der Waals surface area contributed by atoms with Gasteiger partial charge in [0, 0.05) is 23.8 Å². The van der Waals surface area contributed by atoms with Gasteiger partial charge in [0.2, 0.25) is 17.5 Å². The Balaban J connectivity index is 1.28. The topological polar surface area (TPSA) is 316 Å². The number of hydrogen-bond acceptors (Lipinski definition) is 19. The van der Waals surface area contributed by atoms with E-state index in [9.17, 15) is 65.8 Å². The van der Waals surface area contributed by atoms with Gasteiger partial charge in [0.25, 0.3) is 0 Å². The quantitative estimate of drug-likeness (QED) is 0.0605. The molecule has 2 fully saturated rings. The standard InChI is InChI=1S/C36H36O19/c1-13-26(44)30(48)34(55-35-31(49)29(47)27(45)23(53-35)12-50-24(43)7-3-14-2-5-17(38)19(40)8-14)36(51-13)54-33-28(46)25-21(42)10-16(37)11-22(25)52-32(33)15-4-6-18(39)20(41)9-15/h2-11,13,23,26-27,29-31,34-42,44-45,47-49H,12H2,1H3/t13-,23-,26+,27-,29+,30-,31-,34-,35-,36+/m1/s1. The molecule has 1 aromatic heterocycles. The van der Waals surface area contributed by atoms with Gasteiger partial charge in [-0.05, 0) is 48.9 Å². The number of aliphatic hydroxyl groups excluding tert-OH is 5. The molecule has 4 aromatic rings. The van der Waals surface area contributed by atoms with Gasteiger partial charge in [-0.25, -0.2) is 4.79 Å². The Hall–Kier alpha value is -5.64. The van der Waals surface area contributed by atoms with E-state index in [1.165, 1.54) is 37.3 Å². The zero-order valence-corrected chi connectivity index (χ0v) is 28.4. The molecule has 2 saturated heterocycles. The molecule has 0 saturated carbocycles. The van der Waals surface area contributed by atoms with E-state index in [1.807, 2.05) is 0 Å². The van der Waals surface area contributed by atoms with E-state index in [0.717, 1.165) is 30.3 Å². The molecule has 19 nitrogen and oxygen atoms in total. The van der Waals surface area contributed by atoms with Crippen LogP contribution in [0.25, 0.3) is 28.4 Å². The van der Waals surface area contributed by atoms with Crippen molar-refractivity contribution in [1.82, 2.24) is 0 Å². The lowest BCUT2D eigenvalue weighted by Gasteiger charge is -2.45. The minimum Gasteiger partial charge on any atom is -0.508 e. The molecule has 0 bridgehead atoms. The van der Waals surface area contributed by atoms with Crippen LogP contribution in [0.1, 0.15) is 12.5 Å². The first kappa shape index (κ1) is 39.1. The van der Waals surface area contributed by atoms with E-state index in [1.54, 1.807) is 0 Å². The molecule has 2 aliphatic rings. The van der Waals surface area contributed by atoms with E-state index in [0.29, 0.717) is 5.56 Å². The van der Waals surface area contributed by atoms with Gasteiger partial charge in [-0.2, -0.15) is 0 Å². The molecule has 3 heterocycles. The Labute approximate surface area is 308 Å². The van der Waals surface area contributed by atoms with E-state index in [4.69, 9.17) is 28.1 Å². The Morgan fingerprint density at radius 3 is 2.13 bits per heavy atom. The molecule has 0 radical (unpaired) electrons. The summed E-state index contributed by atoms with van der Waals surface area (Å²) in [4.78, 5) is 26.3. The average molecular weight is 773 g/mol. The van der Waals surface area contributed by atoms with Crippen LogP contribution in [-0.4, -0.2) is 130 Å². The zero-order valence-electron chi connectivity index (χ0n) is 28.4. The van der Waals surface area contributed by atoms with Gasteiger partial charge >= 0.3 is 5.97 Å². The smallest absolute Gasteiger partial charge is 0.330 e. The van der Waals surface area contributed by atoms with Crippen LogP contribution in [0.2, 0.25) is 0 Å². The molecular formula is C36H36O19. The largest absolute Gasteiger partial charge is 0.508 e. The van der Waals surface area contributed by atoms with Crippen LogP contribution in [0.3, 0.4) is 0 Å². The Morgan fingerprint density at radius 1 is 0.745 bits per heavy atom. The highest BCUT2D eigenvalue weighted by Gasteiger charge is 2.51. The highest BCUT2D eigenvalue weighted by molar-refractivity contribution is 5.88. The highest BCUT2D eigenvalue weighted by atomic mass is 16.8. The Morgan fingerprint density at radius 2 is 1.44 bits per heavy atom. The van der Waals surface area contributed by atoms with Gasteiger partial charge < -0.3 is 84.3 Å². The molecule has 0 spiro atoms. The fourth-order valence-corrected chi connectivity index (χ4v) is 5.93. The second-order valence-electron chi connectivity index (χ2n) is 12.8. The van der Waals surface area contributed by atoms with E-state index in [2.05, 4.69) is 0 Å². The minimum absolute atomic E-state index is 0.0642. The van der Waals surface area contributed by atoms with Gasteiger partial charge in [0.1, 0.15) is 65.7 Å². The summed E-state index contributed by atoms with van der Waals surface area (Å²) in [5.74, 6) is -5.28. The number of ether oxygens (including phenoxy) is 5. The third kappa shape index (κ3) is 7.95. The molecule has 19 heteroatoms. The van der Waals surface area contributed by atoms with Gasteiger partial charge in [-0.15, -0.1) is 0 Å². The summed E-state index contributed by atoms with van der Waals surface area (Å²) in [6, 6.07) is 8.93. The SMILES string of the molecule is C[C@H]1O[C@@H](Oc2c(-c3ccc(O)c(O)c3)oc3cc(O)cc(O)c3c2=O)[C@H](O[C@H]2O[C@H](COC(=O)C=Cc3ccc(O)c(O)c3)[C@@H](O)[C@H](O)[C@H]2O)[C@H](O)[C@H]1O. The summed E-state index contributed by atoms with van der Waals surface area (Å²) in [6.45, 7) is 0.629. The normalized spacial score (nSPS) is 28.3. The zero-order chi connectivity index (χ0) is 39.9. The van der Waals surface area contributed by atoms with Crippen LogP contribution in [-0.2, 0) is 23.7 Å². The van der Waals surface area contributed by atoms with Crippen LogP contribution in [0.4, 0.5) is 0 Å². The predicted octanol–water partition coefficient (Wildman–Crippen LogP) is -0.0116. The van der Waals surface area contributed by atoms with Crippen molar-refractivity contribution in [2.24, 2.45) is 0 Å². The minimum atomic E-state index is -2.03. The summed E-state index contributed by atoms with van der Waals surface area (Å²) in [5, 5.41) is 113. The maximum atomic E-state index is 13.9. The van der Waals surface area contributed by atoms with Gasteiger partial charge in [0.15, 0.2) is 41.2 Å². The van der Waals surface area contributed by atoms with E-state index in [-0.39, 0.29) is 16.9 Å². The molecule has 2 aliphatic heterocycles. The monoisotopic (exact) mass is 772 g/mol. The number of esters is 1. The third-order valence-electron chi connectivity index (χ3n) is 8.93. The number of phenols is 6. The van der Waals surface area contributed by atoms with E-state index < -0.39 is 125 Å². The Bertz CT molecular complexity index is 2150. The van der Waals surface area contributed by atoms with Crippen LogP contribution in [0.15, 0.2) is 63.8 Å². The van der Waals surface area contributed by atoms with Crippen molar-refractivity contribution in [2.75, 3.05) is 6.61 Å². The van der Waals surface area contributed by atoms with Crippen molar-refractivity contribution in [3.05, 3.63) is 70.4 Å². The van der Waals surface area contributed by atoms with Crippen molar-refractivity contribution in [3.8, 4) is 51.6 Å². The first-order valence-corrected chi connectivity index (χ1v) is 16.5. The molecule has 0 unspecified atom stereocenters. The van der Waals surface area contributed by atoms with E-state index >= 15 is 0 Å². The van der Waals surface area contributed by atoms with Crippen molar-refractivity contribution in [3.63, 3.8) is 0 Å². The molecule has 11 N–H and O–H groups in total. The average Bonchev–Trinajstić information content (AvgIpc) is 3.14. The first-order valence-electron chi connectivity index (χ1n) is 16.5. The maximum absolute atomic E-state index is 13.9. The van der Waals surface area contributed by atoms with Crippen LogP contribution in [0, 0.1) is 0 Å². The molecule has 0 amide bonds. The molecule has 3 aromatic carbocycles. The number of aliphatic hydroxyl groups is 5. The van der Waals surface area contributed by atoms with Crippen molar-refractivity contribution >= 4 is 23.0 Å². The van der Waals surface area contributed by atoms with Gasteiger partial charge in [0.05, 0.1) is 6.10 Å². The fourth-order valence-electron chi connectivity index (χ4n) is 5.93. The third-order valence-corrected chi connectivity index (χ3v) is 8.93. The number of hydrogen-bond donors (Lipinski definition) is 11. The number of carbonyl (C=O) groups excluding carboxylic acids is 1. The second-order valence-corrected chi connectivity index (χ2v) is 12.8. The molecule has 6 rings (SSSR count). The van der Waals surface area contributed by atoms with Gasteiger partial charge in [-0.3, -0.25) is 4.79 Å². The number of fused-ring (bicyclic) bond motifs is 1. The summed E-state index contributed by atoms with van der Waals surface area (Å²) in [5.41, 5.74) is -1.12. The van der Waals surface area contributed by atoms with Crippen LogP contribution < -0.4 is 10.2 Å². The van der Waals surface area contributed by atoms with Crippen molar-refractivity contribution in [1.29, 1.82) is 0 Å². The summed E-state index contributed by atoms with van der Waals surface area (Å²) >= 11 is 0. The lowest BCUT2D eigenvalue weighted by Crippen LogP contribution is -2.64. The summed E-state index contributed by atoms with van der Waals surface area (Å²) < 4.78 is 34.1. The molecule has 55 heavy (non-hydrogen) atoms.